The number of anilines is 1. The van der Waals surface area contributed by atoms with E-state index in [1.54, 1.807) is 12.4 Å². The van der Waals surface area contributed by atoms with Crippen molar-refractivity contribution >= 4 is 11.3 Å². The summed E-state index contributed by atoms with van der Waals surface area (Å²) < 4.78 is 1.84. The summed E-state index contributed by atoms with van der Waals surface area (Å²) in [7, 11) is 0. The molecular formula is C12H18N4. The molecule has 0 aliphatic heterocycles. The Kier molecular flexibility index (Phi) is 3.08. The highest BCUT2D eigenvalue weighted by molar-refractivity contribution is 5.67. The van der Waals surface area contributed by atoms with E-state index in [0.717, 1.165) is 17.8 Å². The summed E-state index contributed by atoms with van der Waals surface area (Å²) in [6.45, 7) is 6.63. The van der Waals surface area contributed by atoms with Gasteiger partial charge in [-0.25, -0.2) is 9.50 Å². The Morgan fingerprint density at radius 2 is 2.19 bits per heavy atom. The van der Waals surface area contributed by atoms with Crippen LogP contribution in [-0.2, 0) is 0 Å². The van der Waals surface area contributed by atoms with Gasteiger partial charge in [-0.3, -0.25) is 0 Å². The van der Waals surface area contributed by atoms with Crippen molar-refractivity contribution in [1.82, 2.24) is 14.6 Å². The first kappa shape index (κ1) is 10.9. The van der Waals surface area contributed by atoms with Crippen molar-refractivity contribution in [2.75, 3.05) is 5.32 Å². The standard InChI is InChI=1S/C12H18N4/c1-4-10(9(2)3)15-12-11-5-6-14-16(11)8-7-13-12/h5-10H,4H2,1-3H3,(H,13,15). The molecule has 0 saturated heterocycles. The molecule has 1 N–H and O–H groups in total. The van der Waals surface area contributed by atoms with Crippen molar-refractivity contribution in [2.45, 2.75) is 33.2 Å². The van der Waals surface area contributed by atoms with Crippen LogP contribution in [-0.4, -0.2) is 20.6 Å². The first-order chi connectivity index (χ1) is 7.72. The minimum Gasteiger partial charge on any atom is -0.365 e. The molecule has 2 heterocycles. The Bertz CT molecular complexity index is 461. The summed E-state index contributed by atoms with van der Waals surface area (Å²) >= 11 is 0. The molecule has 0 radical (unpaired) electrons. The third kappa shape index (κ3) is 2.01. The van der Waals surface area contributed by atoms with E-state index in [2.05, 4.69) is 36.2 Å². The summed E-state index contributed by atoms with van der Waals surface area (Å²) in [6.07, 6.45) is 6.51. The number of rotatable bonds is 4. The van der Waals surface area contributed by atoms with Gasteiger partial charge in [0.1, 0.15) is 5.52 Å². The van der Waals surface area contributed by atoms with Crippen molar-refractivity contribution in [3.63, 3.8) is 0 Å². The Morgan fingerprint density at radius 1 is 1.38 bits per heavy atom. The van der Waals surface area contributed by atoms with Crippen molar-refractivity contribution in [3.05, 3.63) is 24.7 Å². The van der Waals surface area contributed by atoms with Gasteiger partial charge >= 0.3 is 0 Å². The lowest BCUT2D eigenvalue weighted by molar-refractivity contribution is 0.510. The molecule has 4 heteroatoms. The van der Waals surface area contributed by atoms with Gasteiger partial charge < -0.3 is 5.32 Å². The van der Waals surface area contributed by atoms with Crippen LogP contribution in [0.15, 0.2) is 24.7 Å². The third-order valence-electron chi connectivity index (χ3n) is 2.89. The zero-order valence-corrected chi connectivity index (χ0v) is 10.0. The molecule has 0 amide bonds. The fraction of sp³-hybridized carbons (Fsp3) is 0.500. The number of aromatic nitrogens is 3. The van der Waals surface area contributed by atoms with E-state index < -0.39 is 0 Å². The molecule has 1 unspecified atom stereocenters. The van der Waals surface area contributed by atoms with Gasteiger partial charge in [0.15, 0.2) is 5.82 Å². The quantitative estimate of drug-likeness (QED) is 0.857. The molecule has 0 aliphatic rings. The van der Waals surface area contributed by atoms with Gasteiger partial charge in [-0.15, -0.1) is 0 Å². The van der Waals surface area contributed by atoms with Crippen molar-refractivity contribution in [3.8, 4) is 0 Å². The number of nitrogens with one attached hydrogen (secondary N) is 1. The van der Waals surface area contributed by atoms with Crippen LogP contribution >= 0.6 is 0 Å². The smallest absolute Gasteiger partial charge is 0.152 e. The number of hydrogen-bond acceptors (Lipinski definition) is 3. The molecule has 1 atom stereocenters. The number of fused-ring (bicyclic) bond motifs is 1. The van der Waals surface area contributed by atoms with Crippen LogP contribution in [0.1, 0.15) is 27.2 Å². The zero-order valence-electron chi connectivity index (χ0n) is 10.0. The second-order valence-electron chi connectivity index (χ2n) is 4.34. The summed E-state index contributed by atoms with van der Waals surface area (Å²) in [5, 5.41) is 7.68. The fourth-order valence-electron chi connectivity index (χ4n) is 1.88. The van der Waals surface area contributed by atoms with E-state index >= 15 is 0 Å². The Balaban J connectivity index is 2.29. The number of hydrogen-bond donors (Lipinski definition) is 1. The molecule has 0 aliphatic carbocycles. The molecule has 0 spiro atoms. The fourth-order valence-corrected chi connectivity index (χ4v) is 1.88. The van der Waals surface area contributed by atoms with E-state index in [1.165, 1.54) is 0 Å². The van der Waals surface area contributed by atoms with Gasteiger partial charge in [0.2, 0.25) is 0 Å². The molecule has 0 saturated carbocycles. The van der Waals surface area contributed by atoms with Crippen LogP contribution in [0.2, 0.25) is 0 Å². The van der Waals surface area contributed by atoms with Crippen molar-refractivity contribution < 1.29 is 0 Å². The van der Waals surface area contributed by atoms with E-state index in [-0.39, 0.29) is 0 Å². The minimum atomic E-state index is 0.452. The average molecular weight is 218 g/mol. The number of nitrogens with zero attached hydrogens (tertiary/aromatic N) is 3. The van der Waals surface area contributed by atoms with Gasteiger partial charge in [0, 0.05) is 18.4 Å². The topological polar surface area (TPSA) is 42.2 Å². The predicted octanol–water partition coefficient (Wildman–Crippen LogP) is 2.58. The van der Waals surface area contributed by atoms with Crippen LogP contribution in [0.3, 0.4) is 0 Å². The van der Waals surface area contributed by atoms with E-state index in [1.807, 2.05) is 16.8 Å². The Labute approximate surface area is 95.7 Å². The normalized spacial score (nSPS) is 13.2. The largest absolute Gasteiger partial charge is 0.365 e. The van der Waals surface area contributed by atoms with Gasteiger partial charge in [-0.05, 0) is 18.4 Å². The molecule has 2 rings (SSSR count). The first-order valence-corrected chi connectivity index (χ1v) is 5.77. The maximum atomic E-state index is 4.38. The molecule has 4 nitrogen and oxygen atoms in total. The lowest BCUT2D eigenvalue weighted by Gasteiger charge is -2.21. The van der Waals surface area contributed by atoms with Gasteiger partial charge in [0.25, 0.3) is 0 Å². The van der Waals surface area contributed by atoms with Crippen molar-refractivity contribution in [1.29, 1.82) is 0 Å². The molecule has 0 fully saturated rings. The van der Waals surface area contributed by atoms with Gasteiger partial charge in [-0.1, -0.05) is 20.8 Å². The van der Waals surface area contributed by atoms with Crippen LogP contribution in [0, 0.1) is 5.92 Å². The Morgan fingerprint density at radius 3 is 2.88 bits per heavy atom. The highest BCUT2D eigenvalue weighted by Gasteiger charge is 2.12. The Hall–Kier alpha value is -1.58. The molecule has 0 aromatic carbocycles. The second kappa shape index (κ2) is 4.51. The molecule has 2 aromatic rings. The molecule has 86 valence electrons. The molecule has 2 aromatic heterocycles. The average Bonchev–Trinajstić information content (AvgIpc) is 2.73. The lowest BCUT2D eigenvalue weighted by atomic mass is 10.0. The molecular weight excluding hydrogens is 200 g/mol. The van der Waals surface area contributed by atoms with Crippen LogP contribution < -0.4 is 5.32 Å². The summed E-state index contributed by atoms with van der Waals surface area (Å²) in [5.41, 5.74) is 1.03. The second-order valence-corrected chi connectivity index (χ2v) is 4.34. The third-order valence-corrected chi connectivity index (χ3v) is 2.89. The van der Waals surface area contributed by atoms with Crippen molar-refractivity contribution in [2.24, 2.45) is 5.92 Å². The van der Waals surface area contributed by atoms with E-state index in [0.29, 0.717) is 12.0 Å². The SMILES string of the molecule is CCC(Nc1nccn2nccc12)C(C)C. The molecule has 0 bridgehead atoms. The zero-order chi connectivity index (χ0) is 11.5. The minimum absolute atomic E-state index is 0.452. The van der Waals surface area contributed by atoms with E-state index in [9.17, 15) is 0 Å². The maximum Gasteiger partial charge on any atom is 0.152 e. The summed E-state index contributed by atoms with van der Waals surface area (Å²) in [5.74, 6) is 1.51. The monoisotopic (exact) mass is 218 g/mol. The highest BCUT2D eigenvalue weighted by atomic mass is 15.2. The summed E-state index contributed by atoms with van der Waals surface area (Å²) in [6, 6.07) is 2.43. The maximum absolute atomic E-state index is 4.38. The van der Waals surface area contributed by atoms with Crippen LogP contribution in [0.4, 0.5) is 5.82 Å². The van der Waals surface area contributed by atoms with Gasteiger partial charge in [0.05, 0.1) is 6.20 Å². The summed E-state index contributed by atoms with van der Waals surface area (Å²) in [4.78, 5) is 4.38. The van der Waals surface area contributed by atoms with Crippen LogP contribution in [0.25, 0.3) is 5.52 Å². The first-order valence-electron chi connectivity index (χ1n) is 5.77. The van der Waals surface area contributed by atoms with Crippen LogP contribution in [0.5, 0.6) is 0 Å². The van der Waals surface area contributed by atoms with Gasteiger partial charge in [-0.2, -0.15) is 5.10 Å². The predicted molar refractivity (Wildman–Crippen MR) is 65.5 cm³/mol. The lowest BCUT2D eigenvalue weighted by Crippen LogP contribution is -2.25. The highest BCUT2D eigenvalue weighted by Crippen LogP contribution is 2.17. The van der Waals surface area contributed by atoms with E-state index in [4.69, 9.17) is 0 Å². The molecule has 16 heavy (non-hydrogen) atoms.